The van der Waals surface area contributed by atoms with Crippen molar-refractivity contribution in [2.45, 2.75) is 13.0 Å². The van der Waals surface area contributed by atoms with E-state index in [1.165, 1.54) is 18.2 Å². The van der Waals surface area contributed by atoms with Crippen molar-refractivity contribution in [3.8, 4) is 17.0 Å². The summed E-state index contributed by atoms with van der Waals surface area (Å²) in [6, 6.07) is 10.9. The average molecular weight is 415 g/mol. The van der Waals surface area contributed by atoms with Crippen molar-refractivity contribution >= 4 is 5.69 Å². The molecule has 1 heterocycles. The Hall–Kier alpha value is -3.06. The molecule has 0 aliphatic rings. The van der Waals surface area contributed by atoms with Crippen LogP contribution in [0.15, 0.2) is 48.7 Å². The van der Waals surface area contributed by atoms with E-state index in [1.807, 2.05) is 31.1 Å². The smallest absolute Gasteiger partial charge is 0.213 e. The fourth-order valence-electron chi connectivity index (χ4n) is 3.27. The predicted octanol–water partition coefficient (Wildman–Crippen LogP) is 4.61. The molecule has 2 aromatic carbocycles. The summed E-state index contributed by atoms with van der Waals surface area (Å²) >= 11 is 0. The zero-order valence-electron chi connectivity index (χ0n) is 17.0. The molecular weight excluding hydrogens is 391 g/mol. The summed E-state index contributed by atoms with van der Waals surface area (Å²) in [7, 11) is 3.84. The number of anilines is 1. The van der Waals surface area contributed by atoms with Crippen molar-refractivity contribution in [1.29, 1.82) is 0 Å². The van der Waals surface area contributed by atoms with Gasteiger partial charge in [0.2, 0.25) is 5.88 Å². The maximum absolute atomic E-state index is 14.2. The average Bonchev–Trinajstić information content (AvgIpc) is 2.71. The zero-order valence-corrected chi connectivity index (χ0v) is 17.0. The third-order valence-electron chi connectivity index (χ3n) is 4.63. The van der Waals surface area contributed by atoms with Crippen LogP contribution in [-0.4, -0.2) is 37.3 Å². The number of nitrogen functional groups attached to an aromatic ring is 1. The van der Waals surface area contributed by atoms with Gasteiger partial charge in [0, 0.05) is 47.6 Å². The quantitative estimate of drug-likeness (QED) is 0.546. The molecule has 0 aliphatic carbocycles. The van der Waals surface area contributed by atoms with Gasteiger partial charge in [-0.2, -0.15) is 0 Å². The van der Waals surface area contributed by atoms with Crippen LogP contribution >= 0.6 is 0 Å². The molecule has 0 amide bonds. The minimum Gasteiger partial charge on any atom is -0.475 e. The summed E-state index contributed by atoms with van der Waals surface area (Å²) in [6.07, 6.45) is 1.68. The van der Waals surface area contributed by atoms with Crippen LogP contribution in [0, 0.1) is 11.6 Å². The molecule has 4 nitrogen and oxygen atoms in total. The molecule has 0 saturated heterocycles. The lowest BCUT2D eigenvalue weighted by Crippen LogP contribution is -2.13. The lowest BCUT2D eigenvalue weighted by molar-refractivity contribution is 0.264. The molecule has 0 unspecified atom stereocenters. The van der Waals surface area contributed by atoms with Gasteiger partial charge in [-0.05, 0) is 49.5 Å². The third-order valence-corrected chi connectivity index (χ3v) is 4.63. The molecule has 0 bridgehead atoms. The van der Waals surface area contributed by atoms with Crippen molar-refractivity contribution in [3.63, 3.8) is 0 Å². The number of halogens is 3. The van der Waals surface area contributed by atoms with Crippen molar-refractivity contribution in [3.05, 3.63) is 77.0 Å². The second-order valence-electron chi connectivity index (χ2n) is 7.25. The molecule has 30 heavy (non-hydrogen) atoms. The monoisotopic (exact) mass is 415 g/mol. The van der Waals surface area contributed by atoms with Gasteiger partial charge in [0.1, 0.15) is 24.9 Å². The van der Waals surface area contributed by atoms with Crippen molar-refractivity contribution < 1.29 is 17.9 Å². The van der Waals surface area contributed by atoms with E-state index in [-0.39, 0.29) is 18.6 Å². The summed E-state index contributed by atoms with van der Waals surface area (Å²) in [5.41, 5.74) is 10.0. The number of aromatic nitrogens is 1. The second kappa shape index (κ2) is 9.63. The molecule has 0 aliphatic heterocycles. The summed E-state index contributed by atoms with van der Waals surface area (Å²) in [6.45, 7) is -0.0956. The Morgan fingerprint density at radius 2 is 1.80 bits per heavy atom. The highest BCUT2D eigenvalue weighted by atomic mass is 19.1. The summed E-state index contributed by atoms with van der Waals surface area (Å²) in [5, 5.41) is 0. The largest absolute Gasteiger partial charge is 0.475 e. The first-order valence-electron chi connectivity index (χ1n) is 9.53. The van der Waals surface area contributed by atoms with Crippen LogP contribution < -0.4 is 10.5 Å². The topological polar surface area (TPSA) is 51.4 Å². The van der Waals surface area contributed by atoms with Gasteiger partial charge in [-0.1, -0.05) is 12.1 Å². The van der Waals surface area contributed by atoms with E-state index in [4.69, 9.17) is 10.5 Å². The Labute approximate surface area is 174 Å². The van der Waals surface area contributed by atoms with Crippen molar-refractivity contribution in [2.75, 3.05) is 33.1 Å². The van der Waals surface area contributed by atoms with Gasteiger partial charge in [0.15, 0.2) is 0 Å². The van der Waals surface area contributed by atoms with Crippen LogP contribution in [0.3, 0.4) is 0 Å². The maximum Gasteiger partial charge on any atom is 0.213 e. The van der Waals surface area contributed by atoms with E-state index in [0.717, 1.165) is 16.7 Å². The molecule has 0 atom stereocenters. The number of benzene rings is 2. The highest BCUT2D eigenvalue weighted by Crippen LogP contribution is 2.32. The van der Waals surface area contributed by atoms with Gasteiger partial charge in [-0.25, -0.2) is 18.2 Å². The maximum atomic E-state index is 14.2. The normalized spacial score (nSPS) is 11.1. The van der Waals surface area contributed by atoms with Gasteiger partial charge in [-0.15, -0.1) is 0 Å². The number of hydrogen-bond acceptors (Lipinski definition) is 4. The minimum absolute atomic E-state index is 0.0112. The van der Waals surface area contributed by atoms with Crippen LogP contribution in [-0.2, 0) is 13.0 Å². The van der Waals surface area contributed by atoms with E-state index >= 15 is 0 Å². The van der Waals surface area contributed by atoms with Crippen LogP contribution in [0.4, 0.5) is 18.9 Å². The van der Waals surface area contributed by atoms with E-state index < -0.39 is 18.3 Å². The number of nitrogens with zero attached hydrogens (tertiary/aromatic N) is 2. The fourth-order valence-corrected chi connectivity index (χ4v) is 3.27. The van der Waals surface area contributed by atoms with Gasteiger partial charge < -0.3 is 15.4 Å². The fraction of sp³-hybridized carbons (Fsp3) is 0.261. The molecule has 1 aromatic heterocycles. The molecule has 7 heteroatoms. The van der Waals surface area contributed by atoms with E-state index in [2.05, 4.69) is 4.98 Å². The highest BCUT2D eigenvalue weighted by Gasteiger charge is 2.15. The number of rotatable bonds is 8. The molecule has 3 rings (SSSR count). The molecule has 3 aromatic rings. The number of alkyl halides is 1. The second-order valence-corrected chi connectivity index (χ2v) is 7.25. The van der Waals surface area contributed by atoms with Gasteiger partial charge >= 0.3 is 0 Å². The van der Waals surface area contributed by atoms with Crippen LogP contribution in [0.1, 0.15) is 16.7 Å². The Kier molecular flexibility index (Phi) is 6.95. The molecule has 0 spiro atoms. The minimum atomic E-state index is -0.598. The summed E-state index contributed by atoms with van der Waals surface area (Å²) < 4.78 is 45.8. The molecule has 0 fully saturated rings. The van der Waals surface area contributed by atoms with Crippen molar-refractivity contribution in [2.24, 2.45) is 0 Å². The Morgan fingerprint density at radius 3 is 2.40 bits per heavy atom. The molecule has 2 N–H and O–H groups in total. The Bertz CT molecular complexity index is 987. The van der Waals surface area contributed by atoms with Gasteiger partial charge in [0.05, 0.1) is 0 Å². The van der Waals surface area contributed by atoms with Crippen LogP contribution in [0.2, 0.25) is 0 Å². The number of ether oxygens (including phenoxy) is 1. The number of pyridine rings is 1. The lowest BCUT2D eigenvalue weighted by atomic mass is 9.94. The third kappa shape index (κ3) is 5.10. The first kappa shape index (κ1) is 21.6. The predicted molar refractivity (Wildman–Crippen MR) is 112 cm³/mol. The summed E-state index contributed by atoms with van der Waals surface area (Å²) in [5.74, 6) is -0.856. The highest BCUT2D eigenvalue weighted by molar-refractivity contribution is 5.79. The number of hydrogen-bond donors (Lipinski definition) is 1. The first-order chi connectivity index (χ1) is 14.4. The standard InChI is InChI=1S/C23H24F3N3O/c1-29(2)14-17-10-15(12-19-20(25)4-3-5-21(19)26)11-18(23(17)27)16-6-7-22(28-13-16)30-9-8-24/h3-7,10-11,13H,8-9,12,14,27H2,1-2H3. The lowest BCUT2D eigenvalue weighted by Gasteiger charge is -2.18. The molecule has 0 saturated carbocycles. The number of nitrogens with two attached hydrogens (primary N) is 1. The molecular formula is C23H24F3N3O. The SMILES string of the molecule is CN(C)Cc1cc(Cc2c(F)cccc2F)cc(-c2ccc(OCCF)nc2)c1N. The molecule has 0 radical (unpaired) electrons. The Balaban J connectivity index is 2.02. The summed E-state index contributed by atoms with van der Waals surface area (Å²) in [4.78, 5) is 6.16. The van der Waals surface area contributed by atoms with E-state index in [9.17, 15) is 13.2 Å². The van der Waals surface area contributed by atoms with Crippen LogP contribution in [0.5, 0.6) is 5.88 Å². The molecule has 158 valence electrons. The van der Waals surface area contributed by atoms with Crippen molar-refractivity contribution in [1.82, 2.24) is 9.88 Å². The van der Waals surface area contributed by atoms with Gasteiger partial charge in [-0.3, -0.25) is 0 Å². The van der Waals surface area contributed by atoms with E-state index in [1.54, 1.807) is 18.3 Å². The Morgan fingerprint density at radius 1 is 1.07 bits per heavy atom. The first-order valence-corrected chi connectivity index (χ1v) is 9.53. The zero-order chi connectivity index (χ0) is 21.7. The van der Waals surface area contributed by atoms with Crippen LogP contribution in [0.25, 0.3) is 11.1 Å². The van der Waals surface area contributed by atoms with Gasteiger partial charge in [0.25, 0.3) is 0 Å². The van der Waals surface area contributed by atoms with E-state index in [0.29, 0.717) is 23.7 Å².